The molecule has 0 unspecified atom stereocenters. The van der Waals surface area contributed by atoms with Gasteiger partial charge in [0.1, 0.15) is 0 Å². The number of aliphatic hydroxyl groups is 1. The molecule has 1 aliphatic heterocycles. The summed E-state index contributed by atoms with van der Waals surface area (Å²) in [4.78, 5) is 16.7. The van der Waals surface area contributed by atoms with Crippen LogP contribution in [0.5, 0.6) is 0 Å². The van der Waals surface area contributed by atoms with E-state index in [1.165, 1.54) is 0 Å². The molecular weight excluding hydrogens is 290 g/mol. The van der Waals surface area contributed by atoms with Crippen molar-refractivity contribution < 1.29 is 9.90 Å². The lowest BCUT2D eigenvalue weighted by atomic mass is 10.1. The number of hydrogen-bond acceptors (Lipinski definition) is 4. The van der Waals surface area contributed by atoms with Crippen LogP contribution in [0, 0.1) is 11.3 Å². The zero-order valence-corrected chi connectivity index (χ0v) is 13.9. The molecule has 1 amide bonds. The second-order valence-electron chi connectivity index (χ2n) is 6.25. The van der Waals surface area contributed by atoms with Gasteiger partial charge in [-0.15, -0.1) is 0 Å². The van der Waals surface area contributed by atoms with E-state index in [4.69, 9.17) is 5.26 Å². The summed E-state index contributed by atoms with van der Waals surface area (Å²) < 4.78 is 0. The minimum atomic E-state index is -0.239. The Bertz CT molecular complexity index is 565. The van der Waals surface area contributed by atoms with Gasteiger partial charge >= 0.3 is 0 Å². The number of amides is 1. The molecule has 0 radical (unpaired) electrons. The second kappa shape index (κ2) is 8.09. The number of likely N-dealkylation sites (N-methyl/N-ethyl adjacent to an activating group) is 1. The first kappa shape index (κ1) is 17.5. The van der Waals surface area contributed by atoms with Gasteiger partial charge in [-0.05, 0) is 37.1 Å². The highest BCUT2D eigenvalue weighted by Gasteiger charge is 2.26. The van der Waals surface area contributed by atoms with Crippen molar-refractivity contribution in [2.75, 3.05) is 26.7 Å². The molecule has 1 N–H and O–H groups in total. The summed E-state index contributed by atoms with van der Waals surface area (Å²) in [5.74, 6) is -0.0207. The van der Waals surface area contributed by atoms with Gasteiger partial charge in [-0.1, -0.05) is 13.3 Å². The van der Waals surface area contributed by atoms with Crippen LogP contribution < -0.4 is 0 Å². The number of rotatable bonds is 6. The molecule has 124 valence electrons. The summed E-state index contributed by atoms with van der Waals surface area (Å²) in [6.07, 6.45) is 2.51. The van der Waals surface area contributed by atoms with E-state index in [1.54, 1.807) is 29.2 Å². The Balaban J connectivity index is 2.04. The molecule has 1 fully saturated rings. The van der Waals surface area contributed by atoms with Crippen LogP contribution in [0.2, 0.25) is 0 Å². The third-order valence-corrected chi connectivity index (χ3v) is 4.47. The molecule has 0 aromatic heterocycles. The quantitative estimate of drug-likeness (QED) is 0.870. The summed E-state index contributed by atoms with van der Waals surface area (Å²) in [5.41, 5.74) is 1.16. The predicted octanol–water partition coefficient (Wildman–Crippen LogP) is 1.87. The molecule has 1 aromatic carbocycles. The first-order chi connectivity index (χ1) is 11.0. The first-order valence-electron chi connectivity index (χ1n) is 8.23. The van der Waals surface area contributed by atoms with Crippen LogP contribution in [-0.4, -0.2) is 59.6 Å². The van der Waals surface area contributed by atoms with Crippen LogP contribution in [0.1, 0.15) is 42.1 Å². The van der Waals surface area contributed by atoms with Crippen LogP contribution >= 0.6 is 0 Å². The Morgan fingerprint density at radius 3 is 2.70 bits per heavy atom. The lowest BCUT2D eigenvalue weighted by Gasteiger charge is -2.31. The number of β-amino-alcohol motifs (C(OH)–C–C–N with tert-alkyl or cyclic N) is 1. The number of likely N-dealkylation sites (tertiary alicyclic amines) is 1. The van der Waals surface area contributed by atoms with E-state index in [0.717, 1.165) is 32.4 Å². The minimum absolute atomic E-state index is 0.0207. The van der Waals surface area contributed by atoms with Crippen LogP contribution in [0.4, 0.5) is 0 Å². The molecule has 5 nitrogen and oxygen atoms in total. The van der Waals surface area contributed by atoms with Crippen molar-refractivity contribution in [1.29, 1.82) is 5.26 Å². The molecule has 0 bridgehead atoms. The lowest BCUT2D eigenvalue weighted by molar-refractivity contribution is 0.0680. The smallest absolute Gasteiger partial charge is 0.253 e. The van der Waals surface area contributed by atoms with Gasteiger partial charge in [0.15, 0.2) is 0 Å². The van der Waals surface area contributed by atoms with Crippen molar-refractivity contribution in [2.45, 2.75) is 38.3 Å². The van der Waals surface area contributed by atoms with Gasteiger partial charge in [-0.25, -0.2) is 0 Å². The van der Waals surface area contributed by atoms with Crippen LogP contribution in [0.3, 0.4) is 0 Å². The van der Waals surface area contributed by atoms with Gasteiger partial charge in [-0.2, -0.15) is 5.26 Å². The number of benzene rings is 1. The van der Waals surface area contributed by atoms with Crippen LogP contribution in [0.15, 0.2) is 24.3 Å². The summed E-state index contributed by atoms with van der Waals surface area (Å²) in [5, 5.41) is 18.5. The lowest BCUT2D eigenvalue weighted by Crippen LogP contribution is -2.44. The molecule has 0 saturated carbocycles. The number of nitrogens with zero attached hydrogens (tertiary/aromatic N) is 3. The molecule has 0 aliphatic carbocycles. The Morgan fingerprint density at radius 2 is 2.17 bits per heavy atom. The zero-order valence-electron chi connectivity index (χ0n) is 13.9. The highest BCUT2D eigenvalue weighted by Crippen LogP contribution is 2.16. The van der Waals surface area contributed by atoms with Crippen molar-refractivity contribution in [3.05, 3.63) is 35.4 Å². The van der Waals surface area contributed by atoms with E-state index in [2.05, 4.69) is 17.9 Å². The predicted molar refractivity (Wildman–Crippen MR) is 89.0 cm³/mol. The average molecular weight is 315 g/mol. The first-order valence-corrected chi connectivity index (χ1v) is 8.23. The number of carbonyl (C=O) groups excluding carboxylic acids is 1. The average Bonchev–Trinajstić information content (AvgIpc) is 2.98. The standard InChI is InChI=1S/C18H25N3O2/c1-3-4-16(12-21-10-9-17(22)13-21)20(2)18(23)15-7-5-14(11-19)6-8-15/h5-8,16-17,22H,3-4,9-10,12-13H2,1-2H3/t16-,17-/m0/s1. The summed E-state index contributed by atoms with van der Waals surface area (Å²) in [6, 6.07) is 8.96. The molecule has 1 aromatic rings. The molecule has 23 heavy (non-hydrogen) atoms. The van der Waals surface area contributed by atoms with Gasteiger partial charge in [0.05, 0.1) is 17.7 Å². The maximum Gasteiger partial charge on any atom is 0.253 e. The fourth-order valence-electron chi connectivity index (χ4n) is 3.07. The molecule has 2 rings (SSSR count). The third kappa shape index (κ3) is 4.54. The molecule has 1 saturated heterocycles. The van der Waals surface area contributed by atoms with Gasteiger partial charge in [0, 0.05) is 38.3 Å². The Morgan fingerprint density at radius 1 is 1.48 bits per heavy atom. The Kier molecular flexibility index (Phi) is 6.14. The molecule has 2 atom stereocenters. The number of nitriles is 1. The summed E-state index contributed by atoms with van der Waals surface area (Å²) in [6.45, 7) is 4.49. The summed E-state index contributed by atoms with van der Waals surface area (Å²) >= 11 is 0. The van der Waals surface area contributed by atoms with Crippen molar-refractivity contribution >= 4 is 5.91 Å². The summed E-state index contributed by atoms with van der Waals surface area (Å²) in [7, 11) is 1.84. The van der Waals surface area contributed by atoms with E-state index in [0.29, 0.717) is 17.7 Å². The molecule has 1 aliphatic rings. The third-order valence-electron chi connectivity index (χ3n) is 4.47. The van der Waals surface area contributed by atoms with Crippen molar-refractivity contribution in [3.63, 3.8) is 0 Å². The number of hydrogen-bond donors (Lipinski definition) is 1. The van der Waals surface area contributed by atoms with Crippen molar-refractivity contribution in [2.24, 2.45) is 0 Å². The van der Waals surface area contributed by atoms with Gasteiger partial charge in [-0.3, -0.25) is 9.69 Å². The Hall–Kier alpha value is -1.90. The fourth-order valence-corrected chi connectivity index (χ4v) is 3.07. The van der Waals surface area contributed by atoms with Gasteiger partial charge in [0.25, 0.3) is 5.91 Å². The highest BCUT2D eigenvalue weighted by molar-refractivity contribution is 5.94. The van der Waals surface area contributed by atoms with E-state index in [1.807, 2.05) is 7.05 Å². The Labute approximate surface area is 138 Å². The number of carbonyl (C=O) groups is 1. The van der Waals surface area contributed by atoms with E-state index < -0.39 is 0 Å². The van der Waals surface area contributed by atoms with E-state index in [-0.39, 0.29) is 18.1 Å². The highest BCUT2D eigenvalue weighted by atomic mass is 16.3. The molecular formula is C18H25N3O2. The van der Waals surface area contributed by atoms with Crippen molar-refractivity contribution in [1.82, 2.24) is 9.80 Å². The molecule has 1 heterocycles. The monoisotopic (exact) mass is 315 g/mol. The zero-order chi connectivity index (χ0) is 16.8. The SMILES string of the molecule is CCC[C@@H](CN1CC[C@H](O)C1)N(C)C(=O)c1ccc(C#N)cc1. The topological polar surface area (TPSA) is 67.6 Å². The molecule has 0 spiro atoms. The van der Waals surface area contributed by atoms with E-state index in [9.17, 15) is 9.90 Å². The fraction of sp³-hybridized carbons (Fsp3) is 0.556. The van der Waals surface area contributed by atoms with Crippen LogP contribution in [0.25, 0.3) is 0 Å². The van der Waals surface area contributed by atoms with E-state index >= 15 is 0 Å². The largest absolute Gasteiger partial charge is 0.392 e. The van der Waals surface area contributed by atoms with Crippen LogP contribution in [-0.2, 0) is 0 Å². The maximum atomic E-state index is 12.7. The normalized spacial score (nSPS) is 19.3. The minimum Gasteiger partial charge on any atom is -0.392 e. The number of aliphatic hydroxyl groups excluding tert-OH is 1. The second-order valence-corrected chi connectivity index (χ2v) is 6.25. The van der Waals surface area contributed by atoms with Gasteiger partial charge < -0.3 is 10.0 Å². The van der Waals surface area contributed by atoms with Crippen molar-refractivity contribution in [3.8, 4) is 6.07 Å². The van der Waals surface area contributed by atoms with Gasteiger partial charge in [0.2, 0.25) is 0 Å². The maximum absolute atomic E-state index is 12.7. The molecule has 5 heteroatoms.